The first-order chi connectivity index (χ1) is 8.65. The van der Waals surface area contributed by atoms with Crippen molar-refractivity contribution in [2.45, 2.75) is 13.0 Å². The molecule has 18 heavy (non-hydrogen) atoms. The Kier molecular flexibility index (Phi) is 3.32. The average molecular weight is 246 g/mol. The quantitative estimate of drug-likeness (QED) is 0.471. The highest BCUT2D eigenvalue weighted by molar-refractivity contribution is 6.32. The average Bonchev–Trinajstić information content (AvgIpc) is 2.80. The molecule has 0 radical (unpaired) electrons. The van der Waals surface area contributed by atoms with E-state index in [1.54, 1.807) is 6.92 Å². The highest BCUT2D eigenvalue weighted by Crippen LogP contribution is 2.20. The summed E-state index contributed by atoms with van der Waals surface area (Å²) in [5, 5.41) is 0. The van der Waals surface area contributed by atoms with Crippen molar-refractivity contribution in [1.82, 2.24) is 9.55 Å². The van der Waals surface area contributed by atoms with Crippen LogP contribution in [-0.4, -0.2) is 21.6 Å². The molecule has 0 saturated heterocycles. The highest BCUT2D eigenvalue weighted by Gasteiger charge is 2.21. The molecule has 0 fully saturated rings. The molecule has 0 unspecified atom stereocenters. The number of aromatic nitrogens is 2. The van der Waals surface area contributed by atoms with Crippen LogP contribution in [0.5, 0.6) is 0 Å². The van der Waals surface area contributed by atoms with Crippen LogP contribution in [0, 0.1) is 5.95 Å². The lowest BCUT2D eigenvalue weighted by Crippen LogP contribution is -2.15. The number of rotatable bonds is 4. The first kappa shape index (κ1) is 12.2. The largest absolute Gasteiger partial charge is 0.318 e. The fourth-order valence-corrected chi connectivity index (χ4v) is 1.81. The summed E-state index contributed by atoms with van der Waals surface area (Å²) in [7, 11) is 0. The van der Waals surface area contributed by atoms with Crippen LogP contribution in [0.2, 0.25) is 0 Å². The summed E-state index contributed by atoms with van der Waals surface area (Å²) in [4.78, 5) is 25.3. The van der Waals surface area contributed by atoms with Gasteiger partial charge < -0.3 is 4.57 Å². The number of halogens is 1. The fourth-order valence-electron chi connectivity index (χ4n) is 1.81. The molecule has 0 aliphatic carbocycles. The Bertz CT molecular complexity index is 578. The lowest BCUT2D eigenvalue weighted by atomic mass is 10.1. The number of Topliss-reactive ketones (excluding diaryl/α,β-unsaturated/α-hetero) is 1. The van der Waals surface area contributed by atoms with Gasteiger partial charge in [0.15, 0.2) is 6.29 Å². The van der Waals surface area contributed by atoms with Gasteiger partial charge in [0.1, 0.15) is 5.69 Å². The van der Waals surface area contributed by atoms with E-state index in [0.717, 1.165) is 5.56 Å². The molecule has 0 aliphatic rings. The van der Waals surface area contributed by atoms with Crippen molar-refractivity contribution in [3.05, 3.63) is 53.9 Å². The number of nitrogens with zero attached hydrogens (tertiary/aromatic N) is 2. The van der Waals surface area contributed by atoms with Crippen LogP contribution < -0.4 is 0 Å². The Hall–Kier alpha value is -2.30. The zero-order valence-electron chi connectivity index (χ0n) is 9.71. The van der Waals surface area contributed by atoms with Crippen molar-refractivity contribution < 1.29 is 14.0 Å². The molecular formula is C13H11FN2O2. The highest BCUT2D eigenvalue weighted by atomic mass is 19.1. The van der Waals surface area contributed by atoms with E-state index >= 15 is 0 Å². The summed E-state index contributed by atoms with van der Waals surface area (Å²) >= 11 is 0. The molecule has 1 aromatic carbocycles. The van der Waals surface area contributed by atoms with Crippen LogP contribution in [0.15, 0.2) is 36.7 Å². The molecule has 92 valence electrons. The van der Waals surface area contributed by atoms with E-state index in [-0.39, 0.29) is 18.0 Å². The summed E-state index contributed by atoms with van der Waals surface area (Å²) in [6, 6.07) is 9.00. The molecule has 5 heteroatoms. The number of ketones is 1. The number of carbonyl (C=O) groups is 2. The molecule has 1 aromatic heterocycles. The van der Waals surface area contributed by atoms with Gasteiger partial charge in [0.25, 0.3) is 0 Å². The van der Waals surface area contributed by atoms with Crippen LogP contribution in [0.4, 0.5) is 4.39 Å². The topological polar surface area (TPSA) is 52.0 Å². The SMILES string of the molecule is C[C@H](c1ccccc1)n1cnc(F)c1C(=O)C=O. The van der Waals surface area contributed by atoms with Crippen molar-refractivity contribution in [1.29, 1.82) is 0 Å². The number of hydrogen-bond acceptors (Lipinski definition) is 3. The van der Waals surface area contributed by atoms with E-state index in [2.05, 4.69) is 4.98 Å². The van der Waals surface area contributed by atoms with Crippen LogP contribution in [-0.2, 0) is 4.79 Å². The van der Waals surface area contributed by atoms with Gasteiger partial charge in [0, 0.05) is 0 Å². The van der Waals surface area contributed by atoms with Crippen LogP contribution >= 0.6 is 0 Å². The van der Waals surface area contributed by atoms with Gasteiger partial charge in [-0.15, -0.1) is 0 Å². The molecule has 0 spiro atoms. The minimum Gasteiger partial charge on any atom is -0.318 e. The second-order valence-corrected chi connectivity index (χ2v) is 3.86. The van der Waals surface area contributed by atoms with Crippen molar-refractivity contribution in [2.75, 3.05) is 0 Å². The monoisotopic (exact) mass is 246 g/mol. The van der Waals surface area contributed by atoms with Crippen molar-refractivity contribution in [2.24, 2.45) is 0 Å². The number of benzene rings is 1. The minimum absolute atomic E-state index is 0.0916. The fraction of sp³-hybridized carbons (Fsp3) is 0.154. The van der Waals surface area contributed by atoms with E-state index in [1.165, 1.54) is 10.9 Å². The second kappa shape index (κ2) is 4.91. The van der Waals surface area contributed by atoms with Gasteiger partial charge in [0.2, 0.25) is 11.7 Å². The number of imidazole rings is 1. The molecule has 0 saturated carbocycles. The van der Waals surface area contributed by atoms with Gasteiger partial charge in [-0.25, -0.2) is 4.98 Å². The Labute approximate surface area is 103 Å². The smallest absolute Gasteiger partial charge is 0.246 e. The van der Waals surface area contributed by atoms with E-state index < -0.39 is 11.7 Å². The minimum atomic E-state index is -0.921. The molecule has 4 nitrogen and oxygen atoms in total. The maximum atomic E-state index is 13.4. The van der Waals surface area contributed by atoms with E-state index in [0.29, 0.717) is 0 Å². The standard InChI is InChI=1S/C13H11FN2O2/c1-9(10-5-3-2-4-6-10)16-8-15-13(14)12(16)11(18)7-17/h2-9H,1H3/t9-/m1/s1. The van der Waals surface area contributed by atoms with E-state index in [4.69, 9.17) is 0 Å². The van der Waals surface area contributed by atoms with E-state index in [1.807, 2.05) is 30.3 Å². The van der Waals surface area contributed by atoms with Crippen LogP contribution in [0.3, 0.4) is 0 Å². The summed E-state index contributed by atoms with van der Waals surface area (Å²) in [6.07, 6.45) is 1.32. The Morgan fingerprint density at radius 3 is 2.67 bits per heavy atom. The molecule has 0 N–H and O–H groups in total. The van der Waals surface area contributed by atoms with Gasteiger partial charge >= 0.3 is 0 Å². The zero-order chi connectivity index (χ0) is 13.1. The normalized spacial score (nSPS) is 12.1. The molecule has 1 atom stereocenters. The predicted molar refractivity (Wildman–Crippen MR) is 62.8 cm³/mol. The Morgan fingerprint density at radius 2 is 2.06 bits per heavy atom. The van der Waals surface area contributed by atoms with Gasteiger partial charge in [-0.05, 0) is 12.5 Å². The number of carbonyl (C=O) groups excluding carboxylic acids is 2. The molecule has 0 aliphatic heterocycles. The third-order valence-electron chi connectivity index (χ3n) is 2.79. The zero-order valence-corrected chi connectivity index (χ0v) is 9.71. The summed E-state index contributed by atoms with van der Waals surface area (Å²) in [5.74, 6) is -1.83. The number of aldehydes is 1. The van der Waals surface area contributed by atoms with Crippen molar-refractivity contribution in [3.63, 3.8) is 0 Å². The molecule has 1 heterocycles. The third-order valence-corrected chi connectivity index (χ3v) is 2.79. The number of hydrogen-bond donors (Lipinski definition) is 0. The molecular weight excluding hydrogens is 235 g/mol. The van der Waals surface area contributed by atoms with Gasteiger partial charge in [-0.1, -0.05) is 30.3 Å². The lowest BCUT2D eigenvalue weighted by molar-refractivity contribution is -0.104. The molecule has 0 amide bonds. The first-order valence-corrected chi connectivity index (χ1v) is 5.42. The summed E-state index contributed by atoms with van der Waals surface area (Å²) in [6.45, 7) is 1.80. The first-order valence-electron chi connectivity index (χ1n) is 5.42. The maximum Gasteiger partial charge on any atom is 0.246 e. The third kappa shape index (κ3) is 2.07. The van der Waals surface area contributed by atoms with Crippen molar-refractivity contribution in [3.8, 4) is 0 Å². The lowest BCUT2D eigenvalue weighted by Gasteiger charge is -2.15. The molecule has 2 rings (SSSR count). The van der Waals surface area contributed by atoms with Crippen LogP contribution in [0.25, 0.3) is 0 Å². The van der Waals surface area contributed by atoms with Gasteiger partial charge in [-0.2, -0.15) is 4.39 Å². The Morgan fingerprint density at radius 1 is 1.39 bits per heavy atom. The predicted octanol–water partition coefficient (Wildman–Crippen LogP) is 2.01. The molecule has 2 aromatic rings. The van der Waals surface area contributed by atoms with Gasteiger partial charge in [0.05, 0.1) is 12.4 Å². The summed E-state index contributed by atoms with van der Waals surface area (Å²) < 4.78 is 14.8. The van der Waals surface area contributed by atoms with Gasteiger partial charge in [-0.3, -0.25) is 9.59 Å². The van der Waals surface area contributed by atoms with Crippen molar-refractivity contribution >= 4 is 12.1 Å². The maximum absolute atomic E-state index is 13.4. The van der Waals surface area contributed by atoms with Crippen LogP contribution in [0.1, 0.15) is 29.0 Å². The summed E-state index contributed by atoms with van der Waals surface area (Å²) in [5.41, 5.74) is 0.594. The Balaban J connectivity index is 2.46. The molecule has 0 bridgehead atoms. The van der Waals surface area contributed by atoms with E-state index in [9.17, 15) is 14.0 Å². The second-order valence-electron chi connectivity index (χ2n) is 3.86.